The number of benzene rings is 3. The molecule has 3 aromatic carbocycles. The first-order chi connectivity index (χ1) is 18.9. The van der Waals surface area contributed by atoms with Gasteiger partial charge in [0.2, 0.25) is 0 Å². The topological polar surface area (TPSA) is 60.3 Å². The number of halogens is 6. The summed E-state index contributed by atoms with van der Waals surface area (Å²) >= 11 is 0.633. The molecule has 12 heteroatoms. The van der Waals surface area contributed by atoms with Crippen LogP contribution in [0.4, 0.5) is 31.1 Å². The fourth-order valence-corrected chi connectivity index (χ4v) is 4.94. The molecule has 0 unspecified atom stereocenters. The fourth-order valence-electron chi connectivity index (χ4n) is 4.28. The summed E-state index contributed by atoms with van der Waals surface area (Å²) in [7, 11) is 0. The summed E-state index contributed by atoms with van der Waals surface area (Å²) in [6.45, 7) is -0.191. The monoisotopic (exact) mass is 576 g/mol. The van der Waals surface area contributed by atoms with Crippen LogP contribution in [0, 0.1) is 0 Å². The van der Waals surface area contributed by atoms with Crippen LogP contribution in [0.3, 0.4) is 0 Å². The number of amides is 2. The summed E-state index contributed by atoms with van der Waals surface area (Å²) < 4.78 is 88.4. The number of thioether (sulfide) groups is 1. The average Bonchev–Trinajstić information content (AvgIpc) is 3.39. The Balaban J connectivity index is 1.58. The first-order valence-corrected chi connectivity index (χ1v) is 12.5. The highest BCUT2D eigenvalue weighted by Gasteiger charge is 2.38. The van der Waals surface area contributed by atoms with Crippen LogP contribution in [0.25, 0.3) is 17.0 Å². The van der Waals surface area contributed by atoms with Crippen LogP contribution < -0.4 is 10.1 Å². The molecule has 4 aromatic rings. The van der Waals surface area contributed by atoms with Gasteiger partial charge in [0, 0.05) is 23.1 Å². The predicted octanol–water partition coefficient (Wildman–Crippen LogP) is 7.63. The quantitative estimate of drug-likeness (QED) is 0.189. The molecular weight excluding hydrogens is 558 g/mol. The first kappa shape index (κ1) is 27.4. The second kappa shape index (κ2) is 10.4. The van der Waals surface area contributed by atoms with Crippen LogP contribution in [0.1, 0.15) is 27.9 Å². The molecule has 0 saturated carbocycles. The van der Waals surface area contributed by atoms with Gasteiger partial charge in [0.05, 0.1) is 16.0 Å². The maximum Gasteiger partial charge on any atom is 0.416 e. The predicted molar refractivity (Wildman–Crippen MR) is 137 cm³/mol. The van der Waals surface area contributed by atoms with Crippen LogP contribution in [0.5, 0.6) is 5.75 Å². The molecular formula is C28H18F6N2O3S. The molecule has 1 saturated heterocycles. The Morgan fingerprint density at radius 1 is 0.875 bits per heavy atom. The van der Waals surface area contributed by atoms with Crippen LogP contribution in [0.15, 0.2) is 77.7 Å². The van der Waals surface area contributed by atoms with Gasteiger partial charge in [-0.1, -0.05) is 36.4 Å². The highest BCUT2D eigenvalue weighted by Crippen LogP contribution is 2.39. The normalized spacial score (nSPS) is 15.2. The van der Waals surface area contributed by atoms with E-state index in [0.29, 0.717) is 34.5 Å². The number of imide groups is 1. The molecule has 1 N–H and O–H groups in total. The third-order valence-corrected chi connectivity index (χ3v) is 6.96. The standard InChI is InChI=1S/C28H18F6N2O3S/c29-27(30,31)19-7-6-17(22(12-19)28(32,33)34)14-36-20(13-24-25(37)35-26(38)40-24)10-18-11-21(8-9-23(18)36)39-15-16-4-2-1-3-5-16/h1-13H,14-15H2,(H,35,37,38)/b24-13+. The number of carbonyl (C=O) groups excluding carboxylic acids is 2. The molecule has 206 valence electrons. The molecule has 2 amide bonds. The van der Waals surface area contributed by atoms with Gasteiger partial charge >= 0.3 is 12.4 Å². The van der Waals surface area contributed by atoms with Crippen molar-refractivity contribution in [3.8, 4) is 5.75 Å². The van der Waals surface area contributed by atoms with Crippen LogP contribution in [-0.4, -0.2) is 15.7 Å². The van der Waals surface area contributed by atoms with E-state index in [0.717, 1.165) is 11.6 Å². The molecule has 1 aromatic heterocycles. The maximum atomic E-state index is 13.9. The second-order valence-corrected chi connectivity index (χ2v) is 9.88. The zero-order valence-corrected chi connectivity index (χ0v) is 21.1. The minimum absolute atomic E-state index is 0.0260. The summed E-state index contributed by atoms with van der Waals surface area (Å²) in [5, 5.41) is 2.06. The van der Waals surface area contributed by atoms with E-state index in [4.69, 9.17) is 4.74 Å². The van der Waals surface area contributed by atoms with E-state index in [2.05, 4.69) is 5.32 Å². The van der Waals surface area contributed by atoms with Gasteiger partial charge in [0.25, 0.3) is 11.1 Å². The number of hydrogen-bond donors (Lipinski definition) is 1. The lowest BCUT2D eigenvalue weighted by Gasteiger charge is -2.18. The molecule has 5 nitrogen and oxygen atoms in total. The minimum Gasteiger partial charge on any atom is -0.489 e. The van der Waals surface area contributed by atoms with Crippen LogP contribution in [-0.2, 0) is 30.3 Å². The molecule has 0 spiro atoms. The summed E-state index contributed by atoms with van der Waals surface area (Å²) in [5.74, 6) is -0.189. The highest BCUT2D eigenvalue weighted by atomic mass is 32.2. The number of aromatic nitrogens is 1. The number of ether oxygens (including phenoxy) is 1. The Labute approximate surface area is 227 Å². The summed E-state index contributed by atoms with van der Waals surface area (Å²) in [6.07, 6.45) is -8.65. The molecule has 2 heterocycles. The summed E-state index contributed by atoms with van der Waals surface area (Å²) in [5.41, 5.74) is -1.60. The number of nitrogens with one attached hydrogen (secondary N) is 1. The number of hydrogen-bond acceptors (Lipinski definition) is 4. The Hall–Kier alpha value is -4.19. The molecule has 1 fully saturated rings. The lowest BCUT2D eigenvalue weighted by molar-refractivity contribution is -0.143. The van der Waals surface area contributed by atoms with Crippen molar-refractivity contribution in [3.05, 3.63) is 106 Å². The Kier molecular flexibility index (Phi) is 7.13. The van der Waals surface area contributed by atoms with Crippen molar-refractivity contribution in [2.24, 2.45) is 0 Å². The number of rotatable bonds is 6. The number of carbonyl (C=O) groups is 2. The van der Waals surface area contributed by atoms with E-state index >= 15 is 0 Å². The molecule has 0 aliphatic carbocycles. The van der Waals surface area contributed by atoms with Gasteiger partial charge in [-0.15, -0.1) is 0 Å². The molecule has 1 aliphatic rings. The van der Waals surface area contributed by atoms with E-state index in [1.54, 1.807) is 24.3 Å². The lowest BCUT2D eigenvalue weighted by Crippen LogP contribution is -2.18. The lowest BCUT2D eigenvalue weighted by atomic mass is 10.0. The van der Waals surface area contributed by atoms with Crippen molar-refractivity contribution in [1.82, 2.24) is 9.88 Å². The maximum absolute atomic E-state index is 13.9. The van der Waals surface area contributed by atoms with Gasteiger partial charge < -0.3 is 9.30 Å². The van der Waals surface area contributed by atoms with Crippen molar-refractivity contribution >= 4 is 39.9 Å². The van der Waals surface area contributed by atoms with E-state index in [-0.39, 0.29) is 23.3 Å². The summed E-state index contributed by atoms with van der Waals surface area (Å²) in [4.78, 5) is 23.8. The van der Waals surface area contributed by atoms with E-state index in [1.807, 2.05) is 30.3 Å². The van der Waals surface area contributed by atoms with Gasteiger partial charge in [-0.3, -0.25) is 14.9 Å². The molecule has 0 bridgehead atoms. The third-order valence-electron chi connectivity index (χ3n) is 6.15. The van der Waals surface area contributed by atoms with E-state index < -0.39 is 46.7 Å². The van der Waals surface area contributed by atoms with Gasteiger partial charge in [-0.05, 0) is 65.4 Å². The summed E-state index contributed by atoms with van der Waals surface area (Å²) in [6, 6.07) is 17.3. The smallest absolute Gasteiger partial charge is 0.416 e. The van der Waals surface area contributed by atoms with Crippen molar-refractivity contribution < 1.29 is 40.7 Å². The van der Waals surface area contributed by atoms with Gasteiger partial charge in [0.1, 0.15) is 12.4 Å². The highest BCUT2D eigenvalue weighted by molar-refractivity contribution is 8.18. The molecule has 1 aliphatic heterocycles. The van der Waals surface area contributed by atoms with Crippen LogP contribution >= 0.6 is 11.8 Å². The SMILES string of the molecule is O=C1NC(=O)/C(=C\c2cc3cc(OCc4ccccc4)ccc3n2Cc2ccc(C(F)(F)F)cc2C(F)(F)F)S1. The van der Waals surface area contributed by atoms with Crippen molar-refractivity contribution in [2.75, 3.05) is 0 Å². The molecule has 40 heavy (non-hydrogen) atoms. The van der Waals surface area contributed by atoms with Crippen molar-refractivity contribution in [3.63, 3.8) is 0 Å². The second-order valence-electron chi connectivity index (χ2n) is 8.87. The Morgan fingerprint density at radius 3 is 2.27 bits per heavy atom. The Morgan fingerprint density at radius 2 is 1.62 bits per heavy atom. The van der Waals surface area contributed by atoms with Crippen molar-refractivity contribution in [2.45, 2.75) is 25.5 Å². The van der Waals surface area contributed by atoms with Gasteiger partial charge in [-0.25, -0.2) is 0 Å². The number of fused-ring (bicyclic) bond motifs is 1. The van der Waals surface area contributed by atoms with Gasteiger partial charge in [-0.2, -0.15) is 26.3 Å². The zero-order chi connectivity index (χ0) is 28.7. The van der Waals surface area contributed by atoms with E-state index in [9.17, 15) is 35.9 Å². The van der Waals surface area contributed by atoms with Crippen LogP contribution in [0.2, 0.25) is 0 Å². The number of alkyl halides is 6. The molecule has 0 atom stereocenters. The van der Waals surface area contributed by atoms with Gasteiger partial charge in [0.15, 0.2) is 0 Å². The molecule has 5 rings (SSSR count). The average molecular weight is 577 g/mol. The zero-order valence-electron chi connectivity index (χ0n) is 20.3. The first-order valence-electron chi connectivity index (χ1n) is 11.7. The third kappa shape index (κ3) is 5.86. The van der Waals surface area contributed by atoms with Crippen molar-refractivity contribution in [1.29, 1.82) is 0 Å². The van der Waals surface area contributed by atoms with E-state index in [1.165, 1.54) is 10.6 Å². The Bertz CT molecular complexity index is 1640. The molecule has 0 radical (unpaired) electrons. The minimum atomic E-state index is -5.05. The largest absolute Gasteiger partial charge is 0.489 e. The number of nitrogens with zero attached hydrogens (tertiary/aromatic N) is 1. The fraction of sp³-hybridized carbons (Fsp3) is 0.143.